The van der Waals surface area contributed by atoms with Crippen LogP contribution in [0.2, 0.25) is 0 Å². The number of carbonyl (C=O) groups is 2. The minimum absolute atomic E-state index is 0.00270. The number of ether oxygens (including phenoxy) is 1. The highest BCUT2D eigenvalue weighted by Crippen LogP contribution is 2.24. The van der Waals surface area contributed by atoms with Gasteiger partial charge in [-0.05, 0) is 61.0 Å². The number of carbonyl (C=O) groups excluding carboxylic acids is 2. The summed E-state index contributed by atoms with van der Waals surface area (Å²) in [6.45, 7) is 1.97. The minimum Gasteiger partial charge on any atom is -0.457 e. The second-order valence-corrected chi connectivity index (χ2v) is 7.65. The Balaban J connectivity index is 1.48. The van der Waals surface area contributed by atoms with Crippen molar-refractivity contribution < 1.29 is 14.3 Å². The van der Waals surface area contributed by atoms with Crippen molar-refractivity contribution in [2.45, 2.75) is 24.7 Å². The molecule has 2 N–H and O–H groups in total. The number of hydrogen-bond acceptors (Lipinski definition) is 4. The SMILES string of the molecule is CCCC(=O)Nc1cccc(SCC(=O)Nc2ccc(Oc3ccccc3)cc2)c1. The summed E-state index contributed by atoms with van der Waals surface area (Å²) in [5.41, 5.74) is 1.45. The van der Waals surface area contributed by atoms with Crippen LogP contribution in [0, 0.1) is 0 Å². The molecule has 0 atom stereocenters. The van der Waals surface area contributed by atoms with Crippen LogP contribution in [0.5, 0.6) is 11.5 Å². The van der Waals surface area contributed by atoms with E-state index >= 15 is 0 Å². The molecule has 0 saturated carbocycles. The smallest absolute Gasteiger partial charge is 0.234 e. The summed E-state index contributed by atoms with van der Waals surface area (Å²) in [4.78, 5) is 24.9. The Morgan fingerprint density at radius 3 is 2.23 bits per heavy atom. The fraction of sp³-hybridized carbons (Fsp3) is 0.167. The number of anilines is 2. The average Bonchev–Trinajstić information content (AvgIpc) is 2.75. The van der Waals surface area contributed by atoms with E-state index in [4.69, 9.17) is 4.74 Å². The van der Waals surface area contributed by atoms with Crippen LogP contribution in [0.3, 0.4) is 0 Å². The van der Waals surface area contributed by atoms with Crippen LogP contribution >= 0.6 is 11.8 Å². The van der Waals surface area contributed by atoms with Gasteiger partial charge in [0.05, 0.1) is 5.75 Å². The second kappa shape index (κ2) is 11.1. The number of hydrogen-bond donors (Lipinski definition) is 2. The van der Waals surface area contributed by atoms with Crippen LogP contribution in [0.15, 0.2) is 83.8 Å². The first-order valence-electron chi connectivity index (χ1n) is 9.78. The van der Waals surface area contributed by atoms with Crippen LogP contribution in [-0.2, 0) is 9.59 Å². The zero-order chi connectivity index (χ0) is 21.2. The largest absolute Gasteiger partial charge is 0.457 e. The van der Waals surface area contributed by atoms with Crippen LogP contribution in [0.1, 0.15) is 19.8 Å². The van der Waals surface area contributed by atoms with Gasteiger partial charge >= 0.3 is 0 Å². The average molecular weight is 421 g/mol. The molecular weight excluding hydrogens is 396 g/mol. The van der Waals surface area contributed by atoms with Crippen molar-refractivity contribution in [3.63, 3.8) is 0 Å². The first kappa shape index (κ1) is 21.5. The molecular formula is C24H24N2O3S. The molecule has 0 aromatic heterocycles. The monoisotopic (exact) mass is 420 g/mol. The van der Waals surface area contributed by atoms with Gasteiger partial charge in [0, 0.05) is 22.7 Å². The Morgan fingerprint density at radius 2 is 1.50 bits per heavy atom. The molecule has 0 bridgehead atoms. The van der Waals surface area contributed by atoms with Crippen LogP contribution in [0.4, 0.5) is 11.4 Å². The summed E-state index contributed by atoms with van der Waals surface area (Å²) in [6.07, 6.45) is 1.30. The van der Waals surface area contributed by atoms with E-state index in [1.165, 1.54) is 11.8 Å². The van der Waals surface area contributed by atoms with E-state index in [2.05, 4.69) is 10.6 Å². The van der Waals surface area contributed by atoms with Gasteiger partial charge in [0.25, 0.3) is 0 Å². The highest BCUT2D eigenvalue weighted by atomic mass is 32.2. The lowest BCUT2D eigenvalue weighted by Gasteiger charge is -2.09. The zero-order valence-corrected chi connectivity index (χ0v) is 17.6. The Morgan fingerprint density at radius 1 is 0.800 bits per heavy atom. The number of amides is 2. The number of benzene rings is 3. The topological polar surface area (TPSA) is 67.4 Å². The van der Waals surface area contributed by atoms with Crippen molar-refractivity contribution in [1.29, 1.82) is 0 Å². The third kappa shape index (κ3) is 6.97. The summed E-state index contributed by atoms with van der Waals surface area (Å²) in [5.74, 6) is 1.64. The van der Waals surface area contributed by atoms with Gasteiger partial charge in [-0.25, -0.2) is 0 Å². The predicted molar refractivity (Wildman–Crippen MR) is 122 cm³/mol. The van der Waals surface area contributed by atoms with Crippen LogP contribution in [-0.4, -0.2) is 17.6 Å². The lowest BCUT2D eigenvalue weighted by molar-refractivity contribution is -0.116. The molecule has 0 aliphatic rings. The molecule has 5 nitrogen and oxygen atoms in total. The number of nitrogens with one attached hydrogen (secondary N) is 2. The molecule has 0 fully saturated rings. The summed E-state index contributed by atoms with van der Waals surface area (Å²) >= 11 is 1.42. The number of rotatable bonds is 9. The van der Waals surface area contributed by atoms with Gasteiger partial charge < -0.3 is 15.4 Å². The molecule has 3 aromatic carbocycles. The van der Waals surface area contributed by atoms with E-state index in [1.54, 1.807) is 0 Å². The Kier molecular flexibility index (Phi) is 7.92. The van der Waals surface area contributed by atoms with E-state index in [0.717, 1.165) is 22.8 Å². The minimum atomic E-state index is -0.0999. The quantitative estimate of drug-likeness (QED) is 0.420. The second-order valence-electron chi connectivity index (χ2n) is 6.60. The summed E-state index contributed by atoms with van der Waals surface area (Å²) in [7, 11) is 0. The van der Waals surface area contributed by atoms with E-state index in [1.807, 2.05) is 85.8 Å². The normalized spacial score (nSPS) is 10.3. The van der Waals surface area contributed by atoms with Gasteiger partial charge in [-0.2, -0.15) is 0 Å². The zero-order valence-electron chi connectivity index (χ0n) is 16.8. The summed E-state index contributed by atoms with van der Waals surface area (Å²) in [5, 5.41) is 5.75. The van der Waals surface area contributed by atoms with Crippen LogP contribution < -0.4 is 15.4 Å². The standard InChI is InChI=1S/C24H24N2O3S/c1-2-7-23(27)26-19-8-6-11-22(16-19)30-17-24(28)25-18-12-14-21(15-13-18)29-20-9-4-3-5-10-20/h3-6,8-16H,2,7,17H2,1H3,(H,25,28)(H,26,27). The van der Waals surface area contributed by atoms with E-state index in [-0.39, 0.29) is 17.6 Å². The predicted octanol–water partition coefficient (Wildman–Crippen LogP) is 5.95. The molecule has 3 rings (SSSR count). The molecule has 2 amide bonds. The Bertz CT molecular complexity index is 975. The molecule has 0 radical (unpaired) electrons. The molecule has 0 aliphatic heterocycles. The highest BCUT2D eigenvalue weighted by Gasteiger charge is 2.06. The van der Waals surface area contributed by atoms with Crippen molar-refractivity contribution in [2.24, 2.45) is 0 Å². The number of para-hydroxylation sites is 1. The van der Waals surface area contributed by atoms with E-state index in [0.29, 0.717) is 17.9 Å². The molecule has 0 aliphatic carbocycles. The maximum atomic E-state index is 12.3. The third-order valence-corrected chi connectivity index (χ3v) is 5.08. The first-order chi connectivity index (χ1) is 14.6. The Hall–Kier alpha value is -3.25. The number of thioether (sulfide) groups is 1. The summed E-state index contributed by atoms with van der Waals surface area (Å²) < 4.78 is 5.75. The van der Waals surface area contributed by atoms with Gasteiger partial charge in [-0.3, -0.25) is 9.59 Å². The third-order valence-electron chi connectivity index (χ3n) is 4.08. The van der Waals surface area contributed by atoms with Crippen molar-refractivity contribution in [3.05, 3.63) is 78.9 Å². The van der Waals surface area contributed by atoms with Crippen molar-refractivity contribution in [1.82, 2.24) is 0 Å². The lowest BCUT2D eigenvalue weighted by Crippen LogP contribution is -2.14. The maximum absolute atomic E-state index is 12.3. The van der Waals surface area contributed by atoms with Crippen molar-refractivity contribution in [2.75, 3.05) is 16.4 Å². The fourth-order valence-corrected chi connectivity index (χ4v) is 3.45. The van der Waals surface area contributed by atoms with Gasteiger partial charge in [-0.1, -0.05) is 31.2 Å². The maximum Gasteiger partial charge on any atom is 0.234 e. The summed E-state index contributed by atoms with van der Waals surface area (Å²) in [6, 6.07) is 24.3. The molecule has 0 spiro atoms. The van der Waals surface area contributed by atoms with Crippen molar-refractivity contribution in [3.8, 4) is 11.5 Å². The van der Waals surface area contributed by atoms with Crippen molar-refractivity contribution >= 4 is 35.0 Å². The molecule has 6 heteroatoms. The van der Waals surface area contributed by atoms with Gasteiger partial charge in [0.15, 0.2) is 0 Å². The van der Waals surface area contributed by atoms with Gasteiger partial charge in [0.1, 0.15) is 11.5 Å². The molecule has 154 valence electrons. The first-order valence-corrected chi connectivity index (χ1v) is 10.8. The van der Waals surface area contributed by atoms with Gasteiger partial charge in [0.2, 0.25) is 11.8 Å². The van der Waals surface area contributed by atoms with E-state index in [9.17, 15) is 9.59 Å². The lowest BCUT2D eigenvalue weighted by atomic mass is 10.3. The molecule has 3 aromatic rings. The Labute approximate surface area is 180 Å². The molecule has 0 saturated heterocycles. The highest BCUT2D eigenvalue weighted by molar-refractivity contribution is 8.00. The molecule has 0 heterocycles. The molecule has 0 unspecified atom stereocenters. The van der Waals surface area contributed by atoms with Gasteiger partial charge in [-0.15, -0.1) is 11.8 Å². The molecule has 30 heavy (non-hydrogen) atoms. The fourth-order valence-electron chi connectivity index (χ4n) is 2.69. The van der Waals surface area contributed by atoms with E-state index < -0.39 is 0 Å². The van der Waals surface area contributed by atoms with Crippen LogP contribution in [0.25, 0.3) is 0 Å².